The Kier molecular flexibility index (Phi) is 5.04. The minimum Gasteiger partial charge on any atom is -0.460 e. The molecule has 20 heavy (non-hydrogen) atoms. The molecule has 2 N–H and O–H groups in total. The number of nitrogens with one attached hydrogen (secondary N) is 2. The van der Waals surface area contributed by atoms with E-state index in [0.717, 1.165) is 49.2 Å². The molecule has 2 aromatic rings. The summed E-state index contributed by atoms with van der Waals surface area (Å²) in [6, 6.07) is 8.21. The van der Waals surface area contributed by atoms with Crippen LogP contribution in [-0.4, -0.2) is 27.2 Å². The number of hydrogen-bond acceptors (Lipinski definition) is 2. The second kappa shape index (κ2) is 6.77. The first kappa shape index (κ1) is 14.9. The number of hydrogen-bond donors (Lipinski definition) is 2. The predicted octanol–water partition coefficient (Wildman–Crippen LogP) is 0.219. The van der Waals surface area contributed by atoms with E-state index >= 15 is 0 Å². The van der Waals surface area contributed by atoms with Crippen molar-refractivity contribution >= 4 is 0 Å². The zero-order valence-corrected chi connectivity index (χ0v) is 13.0. The van der Waals surface area contributed by atoms with Crippen LogP contribution in [0.2, 0.25) is 0 Å². The molecular weight excluding hydrogens is 252 g/mol. The average Bonchev–Trinajstić information content (AvgIpc) is 2.95. The fraction of sp³-hybridized carbons (Fsp3) is 0.500. The van der Waals surface area contributed by atoms with Gasteiger partial charge in [0.1, 0.15) is 37.7 Å². The molecule has 0 spiro atoms. The summed E-state index contributed by atoms with van der Waals surface area (Å²) < 4.78 is 11.4. The summed E-state index contributed by atoms with van der Waals surface area (Å²) in [4.78, 5) is 2.93. The zero-order chi connectivity index (χ0) is 14.5. The zero-order valence-electron chi connectivity index (χ0n) is 13.0. The number of quaternary nitrogens is 2. The number of furan rings is 2. The maximum absolute atomic E-state index is 5.71. The summed E-state index contributed by atoms with van der Waals surface area (Å²) in [5.41, 5.74) is 0. The largest absolute Gasteiger partial charge is 0.460 e. The molecule has 4 heteroatoms. The number of rotatable bonds is 7. The van der Waals surface area contributed by atoms with E-state index in [9.17, 15) is 0 Å². The van der Waals surface area contributed by atoms with Crippen LogP contribution in [0.5, 0.6) is 0 Å². The van der Waals surface area contributed by atoms with Crippen molar-refractivity contribution in [1.29, 1.82) is 0 Å². The lowest BCUT2D eigenvalue weighted by molar-refractivity contribution is -0.961. The Morgan fingerprint density at radius 1 is 0.800 bits per heavy atom. The highest BCUT2D eigenvalue weighted by Crippen LogP contribution is 2.06. The molecule has 0 bridgehead atoms. The van der Waals surface area contributed by atoms with Gasteiger partial charge in [0.15, 0.2) is 11.5 Å². The Balaban J connectivity index is 1.99. The first-order valence-corrected chi connectivity index (χ1v) is 7.26. The number of likely N-dealkylation sites (N-methyl/N-ethyl adjacent to an activating group) is 1. The molecule has 2 rings (SSSR count). The lowest BCUT2D eigenvalue weighted by atomic mass is 10.3. The van der Waals surface area contributed by atoms with Crippen molar-refractivity contribution in [3.05, 3.63) is 47.3 Å². The van der Waals surface area contributed by atoms with Gasteiger partial charge in [0.2, 0.25) is 0 Å². The summed E-state index contributed by atoms with van der Waals surface area (Å²) >= 11 is 0. The van der Waals surface area contributed by atoms with Crippen LogP contribution in [-0.2, 0) is 13.1 Å². The maximum atomic E-state index is 5.71. The van der Waals surface area contributed by atoms with Gasteiger partial charge in [0, 0.05) is 0 Å². The van der Waals surface area contributed by atoms with Gasteiger partial charge in [-0.2, -0.15) is 0 Å². The fourth-order valence-corrected chi connectivity index (χ4v) is 2.32. The van der Waals surface area contributed by atoms with Gasteiger partial charge < -0.3 is 18.6 Å². The maximum Gasteiger partial charge on any atom is 0.158 e. The van der Waals surface area contributed by atoms with Crippen LogP contribution < -0.4 is 9.80 Å². The molecule has 0 saturated heterocycles. The van der Waals surface area contributed by atoms with Crippen LogP contribution >= 0.6 is 0 Å². The third kappa shape index (κ3) is 4.54. The van der Waals surface area contributed by atoms with E-state index in [2.05, 4.69) is 26.2 Å². The number of aryl methyl sites for hydroxylation is 2. The van der Waals surface area contributed by atoms with E-state index in [1.165, 1.54) is 9.80 Å². The highest BCUT2D eigenvalue weighted by atomic mass is 16.3. The molecule has 0 unspecified atom stereocenters. The molecule has 4 nitrogen and oxygen atoms in total. The summed E-state index contributed by atoms with van der Waals surface area (Å²) in [5, 5.41) is 0. The predicted molar refractivity (Wildman–Crippen MR) is 77.8 cm³/mol. The molecular formula is C16H26N2O2+2. The molecule has 0 radical (unpaired) electrons. The van der Waals surface area contributed by atoms with Crippen molar-refractivity contribution < 1.29 is 18.6 Å². The second-order valence-corrected chi connectivity index (χ2v) is 5.84. The first-order valence-electron chi connectivity index (χ1n) is 7.26. The van der Waals surface area contributed by atoms with Crippen LogP contribution in [0.1, 0.15) is 23.0 Å². The van der Waals surface area contributed by atoms with Gasteiger partial charge in [-0.25, -0.2) is 0 Å². The Hall–Kier alpha value is -1.52. The van der Waals surface area contributed by atoms with Crippen molar-refractivity contribution in [1.82, 2.24) is 0 Å². The third-order valence-corrected chi connectivity index (χ3v) is 3.42. The fourth-order valence-electron chi connectivity index (χ4n) is 2.32. The average molecular weight is 278 g/mol. The van der Waals surface area contributed by atoms with E-state index in [0.29, 0.717) is 0 Å². The standard InChI is InChI=1S/C16H24N2O2/c1-13-5-7-15(19-13)11-18(10-9-17(3)4)12-16-8-6-14(2)20-16/h5-8H,9-12H2,1-4H3/p+2. The molecule has 0 atom stereocenters. The summed E-state index contributed by atoms with van der Waals surface area (Å²) in [7, 11) is 4.37. The highest BCUT2D eigenvalue weighted by molar-refractivity contribution is 5.05. The van der Waals surface area contributed by atoms with E-state index < -0.39 is 0 Å². The Bertz CT molecular complexity index is 486. The SMILES string of the molecule is Cc1ccc(C[NH+](CC[NH+](C)C)Cc2ccc(C)o2)o1. The lowest BCUT2D eigenvalue weighted by Gasteiger charge is -2.18. The first-order chi connectivity index (χ1) is 9.52. The molecule has 0 aliphatic carbocycles. The van der Waals surface area contributed by atoms with Crippen LogP contribution in [0.25, 0.3) is 0 Å². The molecule has 2 heterocycles. The van der Waals surface area contributed by atoms with Gasteiger partial charge in [-0.05, 0) is 38.1 Å². The van der Waals surface area contributed by atoms with Crippen LogP contribution in [0, 0.1) is 13.8 Å². The van der Waals surface area contributed by atoms with E-state index in [1.54, 1.807) is 0 Å². The minimum absolute atomic E-state index is 0.904. The van der Waals surface area contributed by atoms with Crippen LogP contribution in [0.3, 0.4) is 0 Å². The van der Waals surface area contributed by atoms with Gasteiger partial charge in [0.05, 0.1) is 14.1 Å². The molecule has 0 aliphatic rings. The molecule has 0 saturated carbocycles. The Labute approximate surface area is 121 Å². The molecule has 0 fully saturated rings. The molecule has 2 aromatic heterocycles. The van der Waals surface area contributed by atoms with Gasteiger partial charge >= 0.3 is 0 Å². The normalized spacial score (nSPS) is 11.7. The lowest BCUT2D eigenvalue weighted by Crippen LogP contribution is -3.16. The van der Waals surface area contributed by atoms with Crippen molar-refractivity contribution in [2.45, 2.75) is 26.9 Å². The summed E-state index contributed by atoms with van der Waals surface area (Å²) in [6.07, 6.45) is 0. The molecule has 0 amide bonds. The molecule has 0 aromatic carbocycles. The minimum atomic E-state index is 0.904. The van der Waals surface area contributed by atoms with Crippen molar-refractivity contribution in [3.8, 4) is 0 Å². The van der Waals surface area contributed by atoms with Gasteiger partial charge in [-0.1, -0.05) is 0 Å². The summed E-state index contributed by atoms with van der Waals surface area (Å²) in [6.45, 7) is 8.02. The Morgan fingerprint density at radius 2 is 1.30 bits per heavy atom. The monoisotopic (exact) mass is 278 g/mol. The quantitative estimate of drug-likeness (QED) is 0.760. The van der Waals surface area contributed by atoms with Crippen molar-refractivity contribution in [2.24, 2.45) is 0 Å². The molecule has 0 aliphatic heterocycles. The Morgan fingerprint density at radius 3 is 1.65 bits per heavy atom. The van der Waals surface area contributed by atoms with Crippen LogP contribution in [0.15, 0.2) is 33.1 Å². The van der Waals surface area contributed by atoms with Gasteiger partial charge in [0.25, 0.3) is 0 Å². The highest BCUT2D eigenvalue weighted by Gasteiger charge is 2.16. The van der Waals surface area contributed by atoms with Crippen molar-refractivity contribution in [2.75, 3.05) is 27.2 Å². The van der Waals surface area contributed by atoms with Crippen LogP contribution in [0.4, 0.5) is 0 Å². The molecule has 110 valence electrons. The smallest absolute Gasteiger partial charge is 0.158 e. The van der Waals surface area contributed by atoms with Gasteiger partial charge in [-0.3, -0.25) is 0 Å². The van der Waals surface area contributed by atoms with E-state index in [-0.39, 0.29) is 0 Å². The topological polar surface area (TPSA) is 35.2 Å². The van der Waals surface area contributed by atoms with Gasteiger partial charge in [-0.15, -0.1) is 0 Å². The third-order valence-electron chi connectivity index (χ3n) is 3.42. The summed E-state index contributed by atoms with van der Waals surface area (Å²) in [5.74, 6) is 4.06. The van der Waals surface area contributed by atoms with E-state index in [1.807, 2.05) is 26.0 Å². The van der Waals surface area contributed by atoms with Crippen molar-refractivity contribution in [3.63, 3.8) is 0 Å². The second-order valence-electron chi connectivity index (χ2n) is 5.84. The van der Waals surface area contributed by atoms with E-state index in [4.69, 9.17) is 8.83 Å².